The van der Waals surface area contributed by atoms with Crippen molar-refractivity contribution >= 4 is 11.7 Å². The van der Waals surface area contributed by atoms with Crippen LogP contribution in [0.15, 0.2) is 60.9 Å². The van der Waals surface area contributed by atoms with Gasteiger partial charge in [0.25, 0.3) is 5.91 Å². The summed E-state index contributed by atoms with van der Waals surface area (Å²) in [7, 11) is 1.60. The molecule has 3 rings (SSSR count). The van der Waals surface area contributed by atoms with Crippen LogP contribution in [0, 0.1) is 5.82 Å². The van der Waals surface area contributed by atoms with Crippen LogP contribution in [0.25, 0.3) is 0 Å². The summed E-state index contributed by atoms with van der Waals surface area (Å²) in [6, 6.07) is 14.9. The lowest BCUT2D eigenvalue weighted by Crippen LogP contribution is -2.29. The highest BCUT2D eigenvalue weighted by Crippen LogP contribution is 2.16. The second-order valence-corrected chi connectivity index (χ2v) is 6.05. The fraction of sp³-hybridized carbons (Fsp3) is 0.190. The number of halogens is 1. The van der Waals surface area contributed by atoms with Crippen LogP contribution in [-0.2, 0) is 6.54 Å². The number of amides is 1. The summed E-state index contributed by atoms with van der Waals surface area (Å²) in [5, 5.41) is 5.84. The molecule has 0 bridgehead atoms. The summed E-state index contributed by atoms with van der Waals surface area (Å²) in [5.74, 6) is 1.33. The highest BCUT2D eigenvalue weighted by atomic mass is 19.1. The lowest BCUT2D eigenvalue weighted by molar-refractivity contribution is 0.0942. The number of benzene rings is 2. The van der Waals surface area contributed by atoms with Crippen molar-refractivity contribution in [1.29, 1.82) is 0 Å². The molecule has 0 aliphatic carbocycles. The highest BCUT2D eigenvalue weighted by Gasteiger charge is 2.08. The van der Waals surface area contributed by atoms with Gasteiger partial charge in [-0.15, -0.1) is 0 Å². The first-order valence-electron chi connectivity index (χ1n) is 8.99. The van der Waals surface area contributed by atoms with Crippen molar-refractivity contribution in [3.8, 4) is 11.5 Å². The van der Waals surface area contributed by atoms with E-state index >= 15 is 0 Å². The van der Waals surface area contributed by atoms with Crippen LogP contribution in [0.4, 0.5) is 10.2 Å². The number of hydrogen-bond donors (Lipinski definition) is 2. The summed E-state index contributed by atoms with van der Waals surface area (Å²) in [4.78, 5) is 20.3. The van der Waals surface area contributed by atoms with Crippen molar-refractivity contribution in [2.24, 2.45) is 0 Å². The van der Waals surface area contributed by atoms with Gasteiger partial charge in [-0.2, -0.15) is 0 Å². The Morgan fingerprint density at radius 2 is 1.76 bits per heavy atom. The van der Waals surface area contributed by atoms with Gasteiger partial charge in [-0.3, -0.25) is 4.79 Å². The summed E-state index contributed by atoms with van der Waals surface area (Å²) in [5.41, 5.74) is 1.14. The zero-order chi connectivity index (χ0) is 20.5. The van der Waals surface area contributed by atoms with E-state index < -0.39 is 0 Å². The molecule has 150 valence electrons. The fourth-order valence-corrected chi connectivity index (χ4v) is 2.47. The van der Waals surface area contributed by atoms with Crippen LogP contribution in [0.2, 0.25) is 0 Å². The first kappa shape index (κ1) is 20.1. The van der Waals surface area contributed by atoms with Crippen molar-refractivity contribution < 1.29 is 18.7 Å². The molecule has 3 aromatic rings. The molecule has 0 spiro atoms. The zero-order valence-corrected chi connectivity index (χ0v) is 15.9. The third-order valence-corrected chi connectivity index (χ3v) is 4.00. The minimum Gasteiger partial charge on any atom is -0.497 e. The molecule has 0 radical (unpaired) electrons. The third-order valence-electron chi connectivity index (χ3n) is 4.00. The molecule has 2 aromatic carbocycles. The Balaban J connectivity index is 1.45. The topological polar surface area (TPSA) is 85.4 Å². The molecule has 0 saturated carbocycles. The number of nitrogens with zero attached hydrogens (tertiary/aromatic N) is 2. The first-order valence-corrected chi connectivity index (χ1v) is 8.99. The Morgan fingerprint density at radius 3 is 2.48 bits per heavy atom. The number of anilines is 1. The van der Waals surface area contributed by atoms with E-state index in [4.69, 9.17) is 9.47 Å². The molecule has 0 saturated heterocycles. The molecule has 0 fully saturated rings. The van der Waals surface area contributed by atoms with E-state index in [2.05, 4.69) is 20.6 Å². The minimum absolute atomic E-state index is 0.242. The molecule has 2 N–H and O–H groups in total. The predicted molar refractivity (Wildman–Crippen MR) is 107 cm³/mol. The molecule has 1 aromatic heterocycles. The van der Waals surface area contributed by atoms with Crippen LogP contribution in [0.5, 0.6) is 11.5 Å². The van der Waals surface area contributed by atoms with Gasteiger partial charge in [0.1, 0.15) is 41.8 Å². The van der Waals surface area contributed by atoms with Crippen molar-refractivity contribution in [2.45, 2.75) is 6.54 Å². The summed E-state index contributed by atoms with van der Waals surface area (Å²) in [6.45, 7) is 1.10. The lowest BCUT2D eigenvalue weighted by atomic mass is 10.2. The van der Waals surface area contributed by atoms with Crippen LogP contribution in [0.1, 0.15) is 16.1 Å². The van der Waals surface area contributed by atoms with E-state index in [0.29, 0.717) is 31.3 Å². The zero-order valence-electron chi connectivity index (χ0n) is 15.9. The van der Waals surface area contributed by atoms with E-state index in [1.54, 1.807) is 49.6 Å². The first-order chi connectivity index (χ1) is 14.1. The van der Waals surface area contributed by atoms with Crippen molar-refractivity contribution in [3.63, 3.8) is 0 Å². The van der Waals surface area contributed by atoms with Crippen molar-refractivity contribution in [3.05, 3.63) is 78.0 Å². The van der Waals surface area contributed by atoms with Gasteiger partial charge in [0.2, 0.25) is 0 Å². The van der Waals surface area contributed by atoms with Gasteiger partial charge in [0.15, 0.2) is 0 Å². The molecule has 0 unspecified atom stereocenters. The molecular weight excluding hydrogens is 375 g/mol. The van der Waals surface area contributed by atoms with Crippen LogP contribution in [-0.4, -0.2) is 36.1 Å². The van der Waals surface area contributed by atoms with Crippen molar-refractivity contribution in [2.75, 3.05) is 25.6 Å². The SMILES string of the molecule is COc1ccc(OCCNC(=O)c2cc(NCc3ccc(F)cc3)ncn2)cc1. The molecule has 8 heteroatoms. The largest absolute Gasteiger partial charge is 0.497 e. The maximum atomic E-state index is 12.9. The van der Waals surface area contributed by atoms with E-state index in [9.17, 15) is 9.18 Å². The molecule has 7 nitrogen and oxygen atoms in total. The highest BCUT2D eigenvalue weighted by molar-refractivity contribution is 5.92. The Labute approximate surface area is 167 Å². The third kappa shape index (κ3) is 6.17. The van der Waals surface area contributed by atoms with Crippen LogP contribution in [0.3, 0.4) is 0 Å². The maximum absolute atomic E-state index is 12.9. The monoisotopic (exact) mass is 396 g/mol. The molecule has 0 aliphatic heterocycles. The van der Waals surface area contributed by atoms with E-state index in [1.807, 2.05) is 0 Å². The van der Waals surface area contributed by atoms with E-state index in [-0.39, 0.29) is 17.4 Å². The number of aromatic nitrogens is 2. The van der Waals surface area contributed by atoms with Gasteiger partial charge in [-0.25, -0.2) is 14.4 Å². The Hall–Kier alpha value is -3.68. The van der Waals surface area contributed by atoms with Gasteiger partial charge in [-0.1, -0.05) is 12.1 Å². The Morgan fingerprint density at radius 1 is 1.03 bits per heavy atom. The van der Waals surface area contributed by atoms with Crippen molar-refractivity contribution in [1.82, 2.24) is 15.3 Å². The standard InChI is InChI=1S/C21H21FN4O3/c1-28-17-6-8-18(9-7-17)29-11-10-23-21(27)19-12-20(26-14-25-19)24-13-15-2-4-16(22)5-3-15/h2-9,12,14H,10-11,13H2,1H3,(H,23,27)(H,24,25,26). The molecule has 1 amide bonds. The number of ether oxygens (including phenoxy) is 2. The Kier molecular flexibility index (Phi) is 6.94. The number of carbonyl (C=O) groups excluding carboxylic acids is 1. The number of nitrogens with one attached hydrogen (secondary N) is 2. The average molecular weight is 396 g/mol. The second kappa shape index (κ2) is 10.0. The van der Waals surface area contributed by atoms with Gasteiger partial charge in [0, 0.05) is 12.6 Å². The van der Waals surface area contributed by atoms with E-state index in [1.165, 1.54) is 18.5 Å². The maximum Gasteiger partial charge on any atom is 0.270 e. The average Bonchev–Trinajstić information content (AvgIpc) is 2.77. The molecule has 1 heterocycles. The molecular formula is C21H21FN4O3. The number of hydrogen-bond acceptors (Lipinski definition) is 6. The predicted octanol–water partition coefficient (Wildman–Crippen LogP) is 3.05. The molecule has 0 aliphatic rings. The van der Waals surface area contributed by atoms with Gasteiger partial charge in [0.05, 0.1) is 13.7 Å². The minimum atomic E-state index is -0.324. The lowest BCUT2D eigenvalue weighted by Gasteiger charge is -2.09. The number of carbonyl (C=O) groups is 1. The fourth-order valence-electron chi connectivity index (χ4n) is 2.47. The van der Waals surface area contributed by atoms with E-state index in [0.717, 1.165) is 11.3 Å². The summed E-state index contributed by atoms with van der Waals surface area (Å²) >= 11 is 0. The van der Waals surface area contributed by atoms with Crippen LogP contribution >= 0.6 is 0 Å². The normalized spacial score (nSPS) is 10.3. The van der Waals surface area contributed by atoms with Gasteiger partial charge >= 0.3 is 0 Å². The molecule has 0 atom stereocenters. The smallest absolute Gasteiger partial charge is 0.270 e. The van der Waals surface area contributed by atoms with Gasteiger partial charge < -0.3 is 20.1 Å². The summed E-state index contributed by atoms with van der Waals surface area (Å²) in [6.07, 6.45) is 1.32. The number of rotatable bonds is 9. The number of methoxy groups -OCH3 is 1. The second-order valence-electron chi connectivity index (χ2n) is 6.05. The van der Waals surface area contributed by atoms with Gasteiger partial charge in [-0.05, 0) is 42.0 Å². The Bertz CT molecular complexity index is 933. The van der Waals surface area contributed by atoms with Crippen LogP contribution < -0.4 is 20.1 Å². The molecule has 29 heavy (non-hydrogen) atoms. The summed E-state index contributed by atoms with van der Waals surface area (Å²) < 4.78 is 23.6. The quantitative estimate of drug-likeness (QED) is 0.541.